The Kier molecular flexibility index (Phi) is 10.8. The van der Waals surface area contributed by atoms with Crippen molar-refractivity contribution in [2.24, 2.45) is 10.7 Å². The van der Waals surface area contributed by atoms with Crippen LogP contribution in [0.1, 0.15) is 26.2 Å². The fourth-order valence-corrected chi connectivity index (χ4v) is 1.97. The van der Waals surface area contributed by atoms with E-state index in [0.29, 0.717) is 12.1 Å². The zero-order valence-electron chi connectivity index (χ0n) is 11.4. The largest absolute Gasteiger partial charge is 0.385 e. The molecule has 0 saturated carbocycles. The number of ether oxygens (including phenoxy) is 2. The summed E-state index contributed by atoms with van der Waals surface area (Å²) in [6, 6.07) is 0. The molecule has 0 aliphatic carbocycles. The molecule has 1 fully saturated rings. The van der Waals surface area contributed by atoms with Crippen molar-refractivity contribution in [3.63, 3.8) is 0 Å². The molecule has 0 aromatic rings. The SMILES string of the molecule is CCN=C(N)N1CCC(OCCCOC)CC1.I. The number of hydrogen-bond acceptors (Lipinski definition) is 3. The van der Waals surface area contributed by atoms with Gasteiger partial charge in [-0.1, -0.05) is 0 Å². The number of nitrogens with zero attached hydrogens (tertiary/aromatic N) is 2. The smallest absolute Gasteiger partial charge is 0.191 e. The lowest BCUT2D eigenvalue weighted by molar-refractivity contribution is 0.0102. The van der Waals surface area contributed by atoms with Gasteiger partial charge in [0.25, 0.3) is 0 Å². The van der Waals surface area contributed by atoms with Crippen LogP contribution in [0.5, 0.6) is 0 Å². The van der Waals surface area contributed by atoms with E-state index in [9.17, 15) is 0 Å². The Hall–Kier alpha value is -0.0800. The van der Waals surface area contributed by atoms with Gasteiger partial charge in [-0.15, -0.1) is 24.0 Å². The van der Waals surface area contributed by atoms with E-state index in [1.807, 2.05) is 6.92 Å². The first-order valence-electron chi connectivity index (χ1n) is 6.43. The van der Waals surface area contributed by atoms with Gasteiger partial charge in [0.05, 0.1) is 6.10 Å². The Morgan fingerprint density at radius 2 is 2.00 bits per heavy atom. The molecule has 0 spiro atoms. The molecule has 1 heterocycles. The number of guanidine groups is 1. The third-order valence-electron chi connectivity index (χ3n) is 2.93. The first-order chi connectivity index (χ1) is 8.27. The van der Waals surface area contributed by atoms with Gasteiger partial charge in [-0.3, -0.25) is 4.99 Å². The lowest BCUT2D eigenvalue weighted by Crippen LogP contribution is -2.44. The summed E-state index contributed by atoms with van der Waals surface area (Å²) in [5.74, 6) is 0.672. The summed E-state index contributed by atoms with van der Waals surface area (Å²) in [4.78, 5) is 6.36. The van der Waals surface area contributed by atoms with Gasteiger partial charge < -0.3 is 20.1 Å². The normalized spacial score (nSPS) is 17.7. The Morgan fingerprint density at radius 1 is 1.33 bits per heavy atom. The van der Waals surface area contributed by atoms with Crippen molar-refractivity contribution in [2.75, 3.05) is 40.0 Å². The summed E-state index contributed by atoms with van der Waals surface area (Å²) in [6.45, 7) is 6.21. The van der Waals surface area contributed by atoms with E-state index >= 15 is 0 Å². The van der Waals surface area contributed by atoms with Crippen molar-refractivity contribution in [1.29, 1.82) is 0 Å². The summed E-state index contributed by atoms with van der Waals surface area (Å²) in [5, 5.41) is 0. The minimum atomic E-state index is 0. The highest BCUT2D eigenvalue weighted by molar-refractivity contribution is 14.0. The molecule has 5 nitrogen and oxygen atoms in total. The van der Waals surface area contributed by atoms with Crippen LogP contribution in [0.25, 0.3) is 0 Å². The zero-order chi connectivity index (χ0) is 12.5. The Balaban J connectivity index is 0.00000289. The van der Waals surface area contributed by atoms with E-state index in [-0.39, 0.29) is 24.0 Å². The molecule has 0 aromatic heterocycles. The van der Waals surface area contributed by atoms with Crippen molar-refractivity contribution in [3.8, 4) is 0 Å². The van der Waals surface area contributed by atoms with Gasteiger partial charge in [-0.25, -0.2) is 0 Å². The van der Waals surface area contributed by atoms with Crippen LogP contribution in [-0.4, -0.2) is 56.9 Å². The molecule has 1 aliphatic rings. The molecule has 2 N–H and O–H groups in total. The average molecular weight is 371 g/mol. The van der Waals surface area contributed by atoms with Crippen LogP contribution in [0.4, 0.5) is 0 Å². The lowest BCUT2D eigenvalue weighted by atomic mass is 10.1. The number of aliphatic imine (C=N–C) groups is 1. The van der Waals surface area contributed by atoms with Crippen LogP contribution in [0.15, 0.2) is 4.99 Å². The Labute approximate surface area is 127 Å². The molecular formula is C12H26IN3O2. The maximum Gasteiger partial charge on any atom is 0.191 e. The predicted octanol–water partition coefficient (Wildman–Crippen LogP) is 1.46. The maximum absolute atomic E-state index is 5.86. The molecule has 0 aromatic carbocycles. The van der Waals surface area contributed by atoms with Crippen molar-refractivity contribution in [1.82, 2.24) is 4.90 Å². The van der Waals surface area contributed by atoms with Crippen molar-refractivity contribution < 1.29 is 9.47 Å². The quantitative estimate of drug-likeness (QED) is 0.332. The number of piperidine rings is 1. The molecule has 108 valence electrons. The van der Waals surface area contributed by atoms with Crippen molar-refractivity contribution in [2.45, 2.75) is 32.3 Å². The van der Waals surface area contributed by atoms with Gasteiger partial charge in [0.15, 0.2) is 5.96 Å². The van der Waals surface area contributed by atoms with E-state index in [1.165, 1.54) is 0 Å². The van der Waals surface area contributed by atoms with Crippen LogP contribution in [0.3, 0.4) is 0 Å². The fraction of sp³-hybridized carbons (Fsp3) is 0.917. The molecular weight excluding hydrogens is 345 g/mol. The van der Waals surface area contributed by atoms with Crippen LogP contribution in [0.2, 0.25) is 0 Å². The second-order valence-electron chi connectivity index (χ2n) is 4.24. The van der Waals surface area contributed by atoms with Crippen molar-refractivity contribution in [3.05, 3.63) is 0 Å². The van der Waals surface area contributed by atoms with Crippen molar-refractivity contribution >= 4 is 29.9 Å². The summed E-state index contributed by atoms with van der Waals surface area (Å²) < 4.78 is 10.8. The minimum Gasteiger partial charge on any atom is -0.385 e. The molecule has 0 bridgehead atoms. The Morgan fingerprint density at radius 3 is 2.56 bits per heavy atom. The van der Waals surface area contributed by atoms with E-state index in [4.69, 9.17) is 15.2 Å². The number of nitrogens with two attached hydrogens (primary N) is 1. The zero-order valence-corrected chi connectivity index (χ0v) is 13.8. The Bertz CT molecular complexity index is 231. The van der Waals surface area contributed by atoms with Gasteiger partial charge in [0.2, 0.25) is 0 Å². The molecule has 0 unspecified atom stereocenters. The molecule has 0 atom stereocenters. The molecule has 1 saturated heterocycles. The summed E-state index contributed by atoms with van der Waals surface area (Å²) >= 11 is 0. The predicted molar refractivity (Wildman–Crippen MR) is 84.6 cm³/mol. The second kappa shape index (κ2) is 10.8. The summed E-state index contributed by atoms with van der Waals surface area (Å²) in [6.07, 6.45) is 3.41. The van der Waals surface area contributed by atoms with E-state index in [0.717, 1.165) is 52.1 Å². The van der Waals surface area contributed by atoms with E-state index in [1.54, 1.807) is 7.11 Å². The first-order valence-corrected chi connectivity index (χ1v) is 6.43. The van der Waals surface area contributed by atoms with Crippen LogP contribution in [0, 0.1) is 0 Å². The van der Waals surface area contributed by atoms with Gasteiger partial charge >= 0.3 is 0 Å². The van der Waals surface area contributed by atoms with Crippen LogP contribution in [-0.2, 0) is 9.47 Å². The molecule has 1 rings (SSSR count). The molecule has 6 heteroatoms. The van der Waals surface area contributed by atoms with Gasteiger partial charge in [-0.2, -0.15) is 0 Å². The number of rotatable bonds is 6. The number of methoxy groups -OCH3 is 1. The second-order valence-corrected chi connectivity index (χ2v) is 4.24. The van der Waals surface area contributed by atoms with E-state index < -0.39 is 0 Å². The number of hydrogen-bond donors (Lipinski definition) is 1. The summed E-state index contributed by atoms with van der Waals surface area (Å²) in [7, 11) is 1.72. The van der Waals surface area contributed by atoms with Gasteiger partial charge in [0, 0.05) is 40.0 Å². The summed E-state index contributed by atoms with van der Waals surface area (Å²) in [5.41, 5.74) is 5.86. The third-order valence-corrected chi connectivity index (χ3v) is 2.93. The molecule has 18 heavy (non-hydrogen) atoms. The number of likely N-dealkylation sites (tertiary alicyclic amines) is 1. The minimum absolute atomic E-state index is 0. The molecule has 1 aliphatic heterocycles. The highest BCUT2D eigenvalue weighted by Gasteiger charge is 2.20. The average Bonchev–Trinajstić information content (AvgIpc) is 2.36. The monoisotopic (exact) mass is 371 g/mol. The standard InChI is InChI=1S/C12H25N3O2.HI/c1-3-14-12(13)15-7-5-11(6-8-15)17-10-4-9-16-2;/h11H,3-10H2,1-2H3,(H2,13,14);1H. The van der Waals surface area contributed by atoms with E-state index in [2.05, 4.69) is 9.89 Å². The van der Waals surface area contributed by atoms with Crippen LogP contribution < -0.4 is 5.73 Å². The first kappa shape index (κ1) is 17.9. The van der Waals surface area contributed by atoms with Gasteiger partial charge in [0.1, 0.15) is 0 Å². The topological polar surface area (TPSA) is 60.1 Å². The van der Waals surface area contributed by atoms with Crippen LogP contribution >= 0.6 is 24.0 Å². The lowest BCUT2D eigenvalue weighted by Gasteiger charge is -2.32. The number of halogens is 1. The van der Waals surface area contributed by atoms with Gasteiger partial charge in [-0.05, 0) is 26.2 Å². The highest BCUT2D eigenvalue weighted by atomic mass is 127. The third kappa shape index (κ3) is 6.75. The maximum atomic E-state index is 5.86. The molecule has 0 amide bonds. The fourth-order valence-electron chi connectivity index (χ4n) is 1.97. The molecule has 0 radical (unpaired) electrons. The highest BCUT2D eigenvalue weighted by Crippen LogP contribution is 2.13.